The molecule has 0 aromatic heterocycles. The quantitative estimate of drug-likeness (QED) is 0.923. The van der Waals surface area contributed by atoms with Crippen LogP contribution in [-0.4, -0.2) is 18.1 Å². The number of hydrogen-bond acceptors (Lipinski definition) is 2. The van der Waals surface area contributed by atoms with E-state index in [0.29, 0.717) is 6.54 Å². The number of fused-ring (bicyclic) bond motifs is 3. The van der Waals surface area contributed by atoms with E-state index < -0.39 is 5.66 Å². The fraction of sp³-hybridized carbons (Fsp3) is 0.250. The Labute approximate surface area is 136 Å². The van der Waals surface area contributed by atoms with E-state index in [0.717, 1.165) is 11.3 Å². The molecule has 1 amide bonds. The number of benzene rings is 2. The van der Waals surface area contributed by atoms with Crippen LogP contribution in [0.1, 0.15) is 25.0 Å². The Morgan fingerprint density at radius 1 is 1.04 bits per heavy atom. The second kappa shape index (κ2) is 4.72. The first kappa shape index (κ1) is 14.1. The lowest BCUT2D eigenvalue weighted by Gasteiger charge is -2.40. The maximum Gasteiger partial charge on any atom is 0.241 e. The third-order valence-electron chi connectivity index (χ3n) is 5.20. The number of amides is 1. The summed E-state index contributed by atoms with van der Waals surface area (Å²) in [4.78, 5) is 14.4. The normalized spacial score (nSPS) is 24.6. The summed E-state index contributed by atoms with van der Waals surface area (Å²) >= 11 is 0. The van der Waals surface area contributed by atoms with Gasteiger partial charge in [0.15, 0.2) is 0 Å². The summed E-state index contributed by atoms with van der Waals surface area (Å²) in [7, 11) is 0. The van der Waals surface area contributed by atoms with E-state index in [1.165, 1.54) is 5.56 Å². The van der Waals surface area contributed by atoms with Crippen molar-refractivity contribution in [1.82, 2.24) is 5.32 Å². The molecule has 0 aliphatic carbocycles. The number of para-hydroxylation sites is 1. The van der Waals surface area contributed by atoms with Crippen molar-refractivity contribution in [3.8, 4) is 0 Å². The highest BCUT2D eigenvalue weighted by molar-refractivity contribution is 5.91. The molecule has 1 unspecified atom stereocenters. The van der Waals surface area contributed by atoms with Gasteiger partial charge in [-0.05, 0) is 23.3 Å². The van der Waals surface area contributed by atoms with Crippen LogP contribution in [0.2, 0.25) is 0 Å². The molecule has 3 nitrogen and oxygen atoms in total. The predicted octanol–water partition coefficient (Wildman–Crippen LogP) is 3.32. The molecule has 2 heterocycles. The molecule has 0 spiro atoms. The predicted molar refractivity (Wildman–Crippen MR) is 93.2 cm³/mol. The van der Waals surface area contributed by atoms with Gasteiger partial charge in [0.1, 0.15) is 5.66 Å². The largest absolute Gasteiger partial charge is 0.335 e. The van der Waals surface area contributed by atoms with Gasteiger partial charge in [-0.2, -0.15) is 0 Å². The molecular formula is C20H20N2O. The third kappa shape index (κ3) is 1.86. The van der Waals surface area contributed by atoms with Gasteiger partial charge in [0.05, 0.1) is 6.54 Å². The first-order valence-corrected chi connectivity index (χ1v) is 7.97. The van der Waals surface area contributed by atoms with E-state index in [4.69, 9.17) is 0 Å². The van der Waals surface area contributed by atoms with Gasteiger partial charge < -0.3 is 10.2 Å². The van der Waals surface area contributed by atoms with Gasteiger partial charge >= 0.3 is 0 Å². The maximum absolute atomic E-state index is 12.2. The first-order chi connectivity index (χ1) is 11.0. The minimum Gasteiger partial charge on any atom is -0.335 e. The second-order valence-electron chi connectivity index (χ2n) is 6.79. The lowest BCUT2D eigenvalue weighted by Crippen LogP contribution is -2.58. The van der Waals surface area contributed by atoms with Gasteiger partial charge in [-0.3, -0.25) is 4.79 Å². The smallest absolute Gasteiger partial charge is 0.241 e. The number of carbonyl (C=O) groups excluding carboxylic acids is 1. The summed E-state index contributed by atoms with van der Waals surface area (Å²) < 4.78 is 0. The van der Waals surface area contributed by atoms with Crippen LogP contribution < -0.4 is 10.2 Å². The molecule has 1 fully saturated rings. The van der Waals surface area contributed by atoms with E-state index in [1.807, 2.05) is 24.3 Å². The topological polar surface area (TPSA) is 32.3 Å². The molecule has 0 radical (unpaired) electrons. The molecule has 2 aromatic rings. The summed E-state index contributed by atoms with van der Waals surface area (Å²) in [5.41, 5.74) is 2.84. The summed E-state index contributed by atoms with van der Waals surface area (Å²) in [6, 6.07) is 18.6. The summed E-state index contributed by atoms with van der Waals surface area (Å²) in [5.74, 6) is 0.0743. The highest BCUT2D eigenvalue weighted by atomic mass is 16.2. The van der Waals surface area contributed by atoms with Crippen LogP contribution in [0.25, 0.3) is 6.08 Å². The van der Waals surface area contributed by atoms with Crippen LogP contribution in [0.3, 0.4) is 0 Å². The number of carbonyl (C=O) groups is 1. The average molecular weight is 304 g/mol. The molecule has 116 valence electrons. The number of nitrogens with one attached hydrogen (secondary N) is 1. The third-order valence-corrected chi connectivity index (χ3v) is 5.20. The molecule has 23 heavy (non-hydrogen) atoms. The van der Waals surface area contributed by atoms with Crippen LogP contribution in [0.4, 0.5) is 5.69 Å². The second-order valence-corrected chi connectivity index (χ2v) is 6.79. The van der Waals surface area contributed by atoms with Gasteiger partial charge in [-0.15, -0.1) is 0 Å². The number of anilines is 1. The standard InChI is InChI=1S/C20H20N2O/c1-19(2)16-10-6-7-11-17(16)22-14-18(23)21-20(19,22)13-12-15-8-4-3-5-9-15/h3-13H,14H2,1-2H3,(H,21,23)/b13-12+. The van der Waals surface area contributed by atoms with Gasteiger partial charge in [0, 0.05) is 11.1 Å². The lowest BCUT2D eigenvalue weighted by molar-refractivity contribution is -0.118. The van der Waals surface area contributed by atoms with Crippen molar-refractivity contribution < 1.29 is 4.79 Å². The maximum atomic E-state index is 12.2. The van der Waals surface area contributed by atoms with E-state index >= 15 is 0 Å². The van der Waals surface area contributed by atoms with Gasteiger partial charge in [0.2, 0.25) is 5.91 Å². The molecule has 4 rings (SSSR count). The van der Waals surface area contributed by atoms with Crippen molar-refractivity contribution in [3.63, 3.8) is 0 Å². The highest BCUT2D eigenvalue weighted by Gasteiger charge is 2.59. The van der Waals surface area contributed by atoms with E-state index in [-0.39, 0.29) is 11.3 Å². The fourth-order valence-corrected chi connectivity index (χ4v) is 3.92. The molecule has 3 heteroatoms. The van der Waals surface area contributed by atoms with E-state index in [2.05, 4.69) is 66.5 Å². The molecule has 0 saturated carbocycles. The number of rotatable bonds is 2. The van der Waals surface area contributed by atoms with Crippen molar-refractivity contribution in [2.75, 3.05) is 11.4 Å². The fourth-order valence-electron chi connectivity index (χ4n) is 3.92. The van der Waals surface area contributed by atoms with Crippen molar-refractivity contribution in [2.45, 2.75) is 24.9 Å². The first-order valence-electron chi connectivity index (χ1n) is 7.97. The zero-order chi connectivity index (χ0) is 16.1. The van der Waals surface area contributed by atoms with Crippen molar-refractivity contribution in [3.05, 3.63) is 71.8 Å². The number of hydrogen-bond donors (Lipinski definition) is 1. The lowest BCUT2D eigenvalue weighted by atomic mass is 9.75. The van der Waals surface area contributed by atoms with Crippen molar-refractivity contribution >= 4 is 17.7 Å². The molecule has 1 saturated heterocycles. The molecule has 2 aliphatic rings. The highest BCUT2D eigenvalue weighted by Crippen LogP contribution is 2.52. The van der Waals surface area contributed by atoms with Gasteiger partial charge in [-0.25, -0.2) is 0 Å². The molecule has 0 bridgehead atoms. The zero-order valence-electron chi connectivity index (χ0n) is 13.4. The van der Waals surface area contributed by atoms with Gasteiger partial charge in [-0.1, -0.05) is 68.5 Å². The van der Waals surface area contributed by atoms with Crippen LogP contribution in [0.15, 0.2) is 60.7 Å². The molecular weight excluding hydrogens is 284 g/mol. The number of nitrogens with zero attached hydrogens (tertiary/aromatic N) is 1. The molecule has 2 aliphatic heterocycles. The van der Waals surface area contributed by atoms with Crippen LogP contribution in [-0.2, 0) is 10.2 Å². The van der Waals surface area contributed by atoms with Crippen LogP contribution in [0, 0.1) is 0 Å². The van der Waals surface area contributed by atoms with Gasteiger partial charge in [0.25, 0.3) is 0 Å². The molecule has 2 aromatic carbocycles. The van der Waals surface area contributed by atoms with Crippen LogP contribution in [0.5, 0.6) is 0 Å². The van der Waals surface area contributed by atoms with Crippen LogP contribution >= 0.6 is 0 Å². The minimum absolute atomic E-state index is 0.0743. The van der Waals surface area contributed by atoms with E-state index in [9.17, 15) is 4.79 Å². The van der Waals surface area contributed by atoms with Crippen molar-refractivity contribution in [2.24, 2.45) is 0 Å². The Morgan fingerprint density at radius 3 is 2.52 bits per heavy atom. The summed E-state index contributed by atoms with van der Waals surface area (Å²) in [6.45, 7) is 4.80. The Balaban J connectivity index is 1.85. The minimum atomic E-state index is -0.510. The molecule has 1 atom stereocenters. The van der Waals surface area contributed by atoms with Crippen molar-refractivity contribution in [1.29, 1.82) is 0 Å². The monoisotopic (exact) mass is 304 g/mol. The average Bonchev–Trinajstić information content (AvgIpc) is 2.99. The summed E-state index contributed by atoms with van der Waals surface area (Å²) in [5, 5.41) is 3.24. The van der Waals surface area contributed by atoms with E-state index in [1.54, 1.807) is 0 Å². The summed E-state index contributed by atoms with van der Waals surface area (Å²) in [6.07, 6.45) is 4.25. The Hall–Kier alpha value is -2.55. The SMILES string of the molecule is CC1(C)c2ccccc2N2CC(=O)NC21/C=C/c1ccccc1. The molecule has 1 N–H and O–H groups in total. The zero-order valence-corrected chi connectivity index (χ0v) is 13.4. The Morgan fingerprint density at radius 2 is 1.74 bits per heavy atom. The Kier molecular flexibility index (Phi) is 2.89. The Bertz CT molecular complexity index is 794.